The number of esters is 1. The number of benzene rings is 2. The molecule has 0 aromatic heterocycles. The van der Waals surface area contributed by atoms with Crippen molar-refractivity contribution in [1.82, 2.24) is 0 Å². The minimum atomic E-state index is -0.377. The van der Waals surface area contributed by atoms with E-state index in [1.807, 2.05) is 44.2 Å². The smallest absolute Gasteiger partial charge is 0.338 e. The number of ether oxygens (including phenoxy) is 1. The summed E-state index contributed by atoms with van der Waals surface area (Å²) >= 11 is 0. The molecule has 2 rings (SSSR count). The average molecular weight is 311 g/mol. The number of hydrogen-bond donors (Lipinski definition) is 1. The van der Waals surface area contributed by atoms with Crippen LogP contribution in [0.2, 0.25) is 0 Å². The largest absolute Gasteiger partial charge is 0.462 e. The van der Waals surface area contributed by atoms with Crippen LogP contribution in [0.1, 0.15) is 29.8 Å². The van der Waals surface area contributed by atoms with E-state index in [9.17, 15) is 9.59 Å². The van der Waals surface area contributed by atoms with Gasteiger partial charge >= 0.3 is 5.97 Å². The summed E-state index contributed by atoms with van der Waals surface area (Å²) in [5.41, 5.74) is 1.96. The zero-order valence-electron chi connectivity index (χ0n) is 13.4. The van der Waals surface area contributed by atoms with Crippen molar-refractivity contribution in [1.29, 1.82) is 0 Å². The van der Waals surface area contributed by atoms with Crippen molar-refractivity contribution in [3.8, 4) is 0 Å². The van der Waals surface area contributed by atoms with Gasteiger partial charge in [-0.15, -0.1) is 0 Å². The van der Waals surface area contributed by atoms with Gasteiger partial charge in [-0.25, -0.2) is 4.79 Å². The van der Waals surface area contributed by atoms with Crippen LogP contribution >= 0.6 is 0 Å². The number of carbonyl (C=O) groups excluding carboxylic acids is 2. The maximum atomic E-state index is 12.1. The van der Waals surface area contributed by atoms with Crippen LogP contribution in [-0.4, -0.2) is 18.5 Å². The molecule has 0 aliphatic carbocycles. The van der Waals surface area contributed by atoms with Gasteiger partial charge in [-0.3, -0.25) is 4.79 Å². The average Bonchev–Trinajstić information content (AvgIpc) is 2.53. The van der Waals surface area contributed by atoms with E-state index in [0.29, 0.717) is 24.3 Å². The van der Waals surface area contributed by atoms with Crippen LogP contribution in [-0.2, 0) is 16.0 Å². The van der Waals surface area contributed by atoms with Gasteiger partial charge in [-0.2, -0.15) is 0 Å². The molecule has 0 atom stereocenters. The number of carbonyl (C=O) groups is 2. The minimum Gasteiger partial charge on any atom is -0.462 e. The highest BCUT2D eigenvalue weighted by Crippen LogP contribution is 2.13. The van der Waals surface area contributed by atoms with Crippen molar-refractivity contribution < 1.29 is 14.3 Å². The Bertz CT molecular complexity index is 665. The molecule has 2 aromatic rings. The predicted octanol–water partition coefficient (Wildman–Crippen LogP) is 3.68. The van der Waals surface area contributed by atoms with E-state index < -0.39 is 0 Å². The molecule has 0 saturated heterocycles. The Hall–Kier alpha value is -2.62. The number of nitrogens with one attached hydrogen (secondary N) is 1. The van der Waals surface area contributed by atoms with Gasteiger partial charge in [0.25, 0.3) is 0 Å². The molecule has 4 nitrogen and oxygen atoms in total. The lowest BCUT2D eigenvalue weighted by Crippen LogP contribution is -2.15. The molecule has 0 spiro atoms. The second-order valence-electron chi connectivity index (χ2n) is 5.78. The van der Waals surface area contributed by atoms with Crippen LogP contribution in [0.5, 0.6) is 0 Å². The second-order valence-corrected chi connectivity index (χ2v) is 5.78. The predicted molar refractivity (Wildman–Crippen MR) is 90.3 cm³/mol. The van der Waals surface area contributed by atoms with Gasteiger partial charge in [-0.1, -0.05) is 50.2 Å². The first-order chi connectivity index (χ1) is 11.0. The lowest BCUT2D eigenvalue weighted by atomic mass is 10.1. The lowest BCUT2D eigenvalue weighted by Gasteiger charge is -2.09. The van der Waals surface area contributed by atoms with Gasteiger partial charge in [-0.05, 0) is 29.7 Å². The van der Waals surface area contributed by atoms with Gasteiger partial charge in [0, 0.05) is 5.69 Å². The van der Waals surface area contributed by atoms with Crippen molar-refractivity contribution in [2.75, 3.05) is 11.9 Å². The molecule has 0 bridgehead atoms. The molecule has 0 saturated carbocycles. The molecule has 120 valence electrons. The first-order valence-corrected chi connectivity index (χ1v) is 7.65. The summed E-state index contributed by atoms with van der Waals surface area (Å²) < 4.78 is 5.19. The molecule has 0 unspecified atom stereocenters. The van der Waals surface area contributed by atoms with E-state index in [-0.39, 0.29) is 17.8 Å². The molecular weight excluding hydrogens is 290 g/mol. The Kier molecular flexibility index (Phi) is 5.92. The van der Waals surface area contributed by atoms with Gasteiger partial charge in [0.1, 0.15) is 0 Å². The molecule has 0 aliphatic rings. The lowest BCUT2D eigenvalue weighted by molar-refractivity contribution is -0.115. The van der Waals surface area contributed by atoms with E-state index >= 15 is 0 Å². The van der Waals surface area contributed by atoms with Crippen LogP contribution in [0.4, 0.5) is 5.69 Å². The van der Waals surface area contributed by atoms with Crippen LogP contribution in [0, 0.1) is 5.92 Å². The highest BCUT2D eigenvalue weighted by atomic mass is 16.5. The van der Waals surface area contributed by atoms with E-state index in [2.05, 4.69) is 5.32 Å². The van der Waals surface area contributed by atoms with Gasteiger partial charge in [0.15, 0.2) is 0 Å². The Balaban J connectivity index is 1.96. The second kappa shape index (κ2) is 8.13. The number of amides is 1. The summed E-state index contributed by atoms with van der Waals surface area (Å²) in [7, 11) is 0. The number of rotatable bonds is 6. The highest BCUT2D eigenvalue weighted by Gasteiger charge is 2.10. The van der Waals surface area contributed by atoms with Crippen LogP contribution < -0.4 is 5.32 Å². The van der Waals surface area contributed by atoms with Crippen LogP contribution in [0.15, 0.2) is 54.6 Å². The third kappa shape index (κ3) is 5.58. The highest BCUT2D eigenvalue weighted by molar-refractivity contribution is 5.95. The zero-order chi connectivity index (χ0) is 16.7. The Labute approximate surface area is 136 Å². The summed E-state index contributed by atoms with van der Waals surface area (Å²) in [5, 5.41) is 2.80. The van der Waals surface area contributed by atoms with E-state index in [0.717, 1.165) is 5.56 Å². The summed E-state index contributed by atoms with van der Waals surface area (Å²) in [6.07, 6.45) is 0.295. The molecule has 0 heterocycles. The topological polar surface area (TPSA) is 55.4 Å². The Morgan fingerprint density at radius 3 is 2.48 bits per heavy atom. The molecule has 1 N–H and O–H groups in total. The molecular formula is C19H21NO3. The van der Waals surface area contributed by atoms with Crippen LogP contribution in [0.3, 0.4) is 0 Å². The quantitative estimate of drug-likeness (QED) is 0.828. The monoisotopic (exact) mass is 311 g/mol. The maximum absolute atomic E-state index is 12.1. The van der Waals surface area contributed by atoms with Gasteiger partial charge in [0.05, 0.1) is 18.6 Å². The fourth-order valence-corrected chi connectivity index (χ4v) is 2.04. The normalized spacial score (nSPS) is 10.4. The van der Waals surface area contributed by atoms with Crippen LogP contribution in [0.25, 0.3) is 0 Å². The zero-order valence-corrected chi connectivity index (χ0v) is 13.4. The van der Waals surface area contributed by atoms with Crippen molar-refractivity contribution >= 4 is 17.6 Å². The molecule has 0 aliphatic heterocycles. The Morgan fingerprint density at radius 2 is 1.78 bits per heavy atom. The minimum absolute atomic E-state index is 0.121. The van der Waals surface area contributed by atoms with E-state index in [1.54, 1.807) is 24.3 Å². The van der Waals surface area contributed by atoms with E-state index in [4.69, 9.17) is 4.74 Å². The van der Waals surface area contributed by atoms with Crippen molar-refractivity contribution in [2.24, 2.45) is 5.92 Å². The fraction of sp³-hybridized carbons (Fsp3) is 0.263. The summed E-state index contributed by atoms with van der Waals surface area (Å²) in [4.78, 5) is 24.0. The van der Waals surface area contributed by atoms with Crippen molar-refractivity contribution in [3.63, 3.8) is 0 Å². The van der Waals surface area contributed by atoms with Gasteiger partial charge < -0.3 is 10.1 Å². The molecule has 4 heteroatoms. The third-order valence-corrected chi connectivity index (χ3v) is 3.14. The molecule has 0 fully saturated rings. The summed E-state index contributed by atoms with van der Waals surface area (Å²) in [6.45, 7) is 4.34. The first-order valence-electron chi connectivity index (χ1n) is 7.65. The van der Waals surface area contributed by atoms with Crippen molar-refractivity contribution in [2.45, 2.75) is 20.3 Å². The number of anilines is 1. The Morgan fingerprint density at radius 1 is 1.04 bits per heavy atom. The standard InChI is InChI=1S/C19H21NO3/c1-14(2)13-23-19(22)16-9-6-10-17(12-16)20-18(21)11-15-7-4-3-5-8-15/h3-10,12,14H,11,13H2,1-2H3,(H,20,21). The maximum Gasteiger partial charge on any atom is 0.338 e. The third-order valence-electron chi connectivity index (χ3n) is 3.14. The molecule has 1 amide bonds. The molecule has 0 radical (unpaired) electrons. The van der Waals surface area contributed by atoms with Crippen molar-refractivity contribution in [3.05, 3.63) is 65.7 Å². The van der Waals surface area contributed by atoms with E-state index in [1.165, 1.54) is 0 Å². The van der Waals surface area contributed by atoms with Gasteiger partial charge in [0.2, 0.25) is 5.91 Å². The first kappa shape index (κ1) is 16.7. The number of hydrogen-bond acceptors (Lipinski definition) is 3. The SMILES string of the molecule is CC(C)COC(=O)c1cccc(NC(=O)Cc2ccccc2)c1. The summed E-state index contributed by atoms with van der Waals surface area (Å²) in [5.74, 6) is -0.213. The molecule has 23 heavy (non-hydrogen) atoms. The molecule has 2 aromatic carbocycles. The fourth-order valence-electron chi connectivity index (χ4n) is 2.04. The summed E-state index contributed by atoms with van der Waals surface area (Å²) in [6, 6.07) is 16.3.